The van der Waals surface area contributed by atoms with Gasteiger partial charge in [0.1, 0.15) is 0 Å². The van der Waals surface area contributed by atoms with Gasteiger partial charge in [0.15, 0.2) is 0 Å². The average molecular weight is 286 g/mol. The lowest BCUT2D eigenvalue weighted by atomic mass is 9.96. The summed E-state index contributed by atoms with van der Waals surface area (Å²) in [5.74, 6) is -2.39. The third-order valence-corrected chi connectivity index (χ3v) is 4.39. The molecule has 1 aliphatic rings. The SMILES string of the molecule is CC(C)c1ccc2c(c1)C(F)(F)c1cc(C(C)C)ccc1-2. The van der Waals surface area contributed by atoms with E-state index in [1.807, 2.05) is 52.0 Å². The lowest BCUT2D eigenvalue weighted by Gasteiger charge is -2.15. The summed E-state index contributed by atoms with van der Waals surface area (Å²) in [5, 5.41) is 0. The van der Waals surface area contributed by atoms with Gasteiger partial charge < -0.3 is 0 Å². The summed E-state index contributed by atoms with van der Waals surface area (Å²) >= 11 is 0. The molecule has 0 saturated carbocycles. The maximum absolute atomic E-state index is 14.8. The van der Waals surface area contributed by atoms with Crippen molar-refractivity contribution in [1.29, 1.82) is 0 Å². The largest absolute Gasteiger partial charge is 0.299 e. The Labute approximate surface area is 124 Å². The molecule has 0 nitrogen and oxygen atoms in total. The van der Waals surface area contributed by atoms with Crippen molar-refractivity contribution in [2.45, 2.75) is 45.5 Å². The lowest BCUT2D eigenvalue weighted by molar-refractivity contribution is 0.0478. The third kappa shape index (κ3) is 2.08. The van der Waals surface area contributed by atoms with Gasteiger partial charge in [-0.15, -0.1) is 0 Å². The molecule has 2 heteroatoms. The number of halogens is 2. The second kappa shape index (κ2) is 4.66. The summed E-state index contributed by atoms with van der Waals surface area (Å²) in [7, 11) is 0. The quantitative estimate of drug-likeness (QED) is 0.630. The molecule has 0 unspecified atom stereocenters. The highest BCUT2D eigenvalue weighted by atomic mass is 19.3. The first-order chi connectivity index (χ1) is 9.82. The van der Waals surface area contributed by atoms with Crippen molar-refractivity contribution in [2.24, 2.45) is 0 Å². The molecule has 2 aromatic carbocycles. The Morgan fingerprint density at radius 2 is 1.10 bits per heavy atom. The lowest BCUT2D eigenvalue weighted by Crippen LogP contribution is -2.12. The molecule has 21 heavy (non-hydrogen) atoms. The number of hydrogen-bond donors (Lipinski definition) is 0. The van der Waals surface area contributed by atoms with Crippen molar-refractivity contribution >= 4 is 0 Å². The van der Waals surface area contributed by atoms with Gasteiger partial charge in [-0.25, -0.2) is 0 Å². The van der Waals surface area contributed by atoms with Crippen LogP contribution >= 0.6 is 0 Å². The van der Waals surface area contributed by atoms with E-state index in [4.69, 9.17) is 0 Å². The highest BCUT2D eigenvalue weighted by Gasteiger charge is 2.44. The van der Waals surface area contributed by atoms with E-state index in [9.17, 15) is 8.78 Å². The molecule has 0 fully saturated rings. The van der Waals surface area contributed by atoms with E-state index in [1.165, 1.54) is 0 Å². The molecule has 0 spiro atoms. The number of benzene rings is 2. The smallest absolute Gasteiger partial charge is 0.196 e. The fourth-order valence-corrected chi connectivity index (χ4v) is 2.98. The number of hydrogen-bond acceptors (Lipinski definition) is 0. The van der Waals surface area contributed by atoms with E-state index in [2.05, 4.69) is 0 Å². The summed E-state index contributed by atoms with van der Waals surface area (Å²) in [6.45, 7) is 8.11. The highest BCUT2D eigenvalue weighted by molar-refractivity contribution is 5.80. The Balaban J connectivity index is 2.22. The van der Waals surface area contributed by atoms with Crippen LogP contribution in [0.1, 0.15) is 61.8 Å². The summed E-state index contributed by atoms with van der Waals surface area (Å²) < 4.78 is 29.6. The molecule has 0 N–H and O–H groups in total. The molecule has 3 rings (SSSR count). The van der Waals surface area contributed by atoms with Crippen molar-refractivity contribution < 1.29 is 8.78 Å². The predicted molar refractivity (Wildman–Crippen MR) is 83.1 cm³/mol. The standard InChI is InChI=1S/C19H20F2/c1-11(2)13-5-7-15-16-8-6-14(12(3)4)10-18(16)19(20,21)17(15)9-13/h5-12H,1-4H3. The molecule has 0 saturated heterocycles. The van der Waals surface area contributed by atoms with Gasteiger partial charge in [-0.1, -0.05) is 52.0 Å². The van der Waals surface area contributed by atoms with Gasteiger partial charge in [0, 0.05) is 11.1 Å². The fourth-order valence-electron chi connectivity index (χ4n) is 2.98. The topological polar surface area (TPSA) is 0 Å². The van der Waals surface area contributed by atoms with Crippen LogP contribution in [0.2, 0.25) is 0 Å². The Hall–Kier alpha value is -1.70. The van der Waals surface area contributed by atoms with Gasteiger partial charge in [0.25, 0.3) is 5.92 Å². The second-order valence-corrected chi connectivity index (χ2v) is 6.49. The Morgan fingerprint density at radius 1 is 0.714 bits per heavy atom. The molecule has 0 aromatic heterocycles. The van der Waals surface area contributed by atoms with Gasteiger partial charge >= 0.3 is 0 Å². The van der Waals surface area contributed by atoms with E-state index < -0.39 is 5.92 Å². The van der Waals surface area contributed by atoms with Crippen LogP contribution in [0.15, 0.2) is 36.4 Å². The first-order valence-electron chi connectivity index (χ1n) is 7.49. The molecular formula is C19H20F2. The van der Waals surface area contributed by atoms with Crippen molar-refractivity contribution in [2.75, 3.05) is 0 Å². The maximum atomic E-state index is 14.8. The summed E-state index contributed by atoms with van der Waals surface area (Å²) in [5.41, 5.74) is 3.59. The van der Waals surface area contributed by atoms with Gasteiger partial charge in [-0.05, 0) is 46.2 Å². The molecule has 0 amide bonds. The molecule has 0 heterocycles. The van der Waals surface area contributed by atoms with Crippen LogP contribution in [-0.2, 0) is 5.92 Å². The first-order valence-corrected chi connectivity index (χ1v) is 7.49. The van der Waals surface area contributed by atoms with E-state index in [1.54, 1.807) is 12.1 Å². The number of rotatable bonds is 2. The summed E-state index contributed by atoms with van der Waals surface area (Å²) in [6, 6.07) is 11.0. The summed E-state index contributed by atoms with van der Waals surface area (Å²) in [4.78, 5) is 0. The van der Waals surface area contributed by atoms with Crippen LogP contribution in [0, 0.1) is 0 Å². The molecule has 0 aliphatic heterocycles. The van der Waals surface area contributed by atoms with Crippen molar-refractivity contribution in [1.82, 2.24) is 0 Å². The molecule has 0 radical (unpaired) electrons. The minimum atomic E-state index is -2.89. The Kier molecular flexibility index (Phi) is 3.16. The van der Waals surface area contributed by atoms with E-state index in [0.717, 1.165) is 11.1 Å². The molecule has 0 bridgehead atoms. The van der Waals surface area contributed by atoms with E-state index >= 15 is 0 Å². The molecular weight excluding hydrogens is 266 g/mol. The van der Waals surface area contributed by atoms with Gasteiger partial charge in [-0.2, -0.15) is 8.78 Å². The minimum absolute atomic E-state index is 0.157. The zero-order chi connectivity index (χ0) is 15.4. The van der Waals surface area contributed by atoms with Crippen LogP contribution in [-0.4, -0.2) is 0 Å². The summed E-state index contributed by atoms with van der Waals surface area (Å²) in [6.07, 6.45) is 0. The van der Waals surface area contributed by atoms with Gasteiger partial charge in [0.05, 0.1) is 0 Å². The normalized spacial score (nSPS) is 15.4. The zero-order valence-corrected chi connectivity index (χ0v) is 12.9. The molecule has 0 atom stereocenters. The second-order valence-electron chi connectivity index (χ2n) is 6.49. The monoisotopic (exact) mass is 286 g/mol. The average Bonchev–Trinajstić information content (AvgIpc) is 2.67. The van der Waals surface area contributed by atoms with Crippen molar-refractivity contribution in [3.8, 4) is 11.1 Å². The van der Waals surface area contributed by atoms with Crippen LogP contribution in [0.3, 0.4) is 0 Å². The maximum Gasteiger partial charge on any atom is 0.299 e. The van der Waals surface area contributed by atoms with E-state index in [-0.39, 0.29) is 23.0 Å². The van der Waals surface area contributed by atoms with Gasteiger partial charge in [-0.3, -0.25) is 0 Å². The van der Waals surface area contributed by atoms with Crippen LogP contribution in [0.4, 0.5) is 8.78 Å². The first kappa shape index (κ1) is 14.2. The van der Waals surface area contributed by atoms with Crippen LogP contribution in [0.5, 0.6) is 0 Å². The van der Waals surface area contributed by atoms with E-state index in [0.29, 0.717) is 11.1 Å². The molecule has 1 aliphatic carbocycles. The van der Waals surface area contributed by atoms with Crippen molar-refractivity contribution in [3.05, 3.63) is 58.7 Å². The number of alkyl halides is 2. The Morgan fingerprint density at radius 3 is 1.43 bits per heavy atom. The predicted octanol–water partition coefficient (Wildman–Crippen LogP) is 6.05. The highest BCUT2D eigenvalue weighted by Crippen LogP contribution is 2.52. The van der Waals surface area contributed by atoms with Crippen LogP contribution in [0.25, 0.3) is 11.1 Å². The number of fused-ring (bicyclic) bond motifs is 3. The third-order valence-electron chi connectivity index (χ3n) is 4.39. The van der Waals surface area contributed by atoms with Crippen LogP contribution < -0.4 is 0 Å². The molecule has 2 aromatic rings. The fraction of sp³-hybridized carbons (Fsp3) is 0.368. The zero-order valence-electron chi connectivity index (χ0n) is 12.9. The minimum Gasteiger partial charge on any atom is -0.196 e. The van der Waals surface area contributed by atoms with Gasteiger partial charge in [0.2, 0.25) is 0 Å². The Bertz CT molecular complexity index is 637. The van der Waals surface area contributed by atoms with Crippen molar-refractivity contribution in [3.63, 3.8) is 0 Å². The molecule has 110 valence electrons.